The average molecular weight is 259 g/mol. The molecule has 0 unspecified atom stereocenters. The number of hydrogen-bond donors (Lipinski definition) is 1. The van der Waals surface area contributed by atoms with Crippen LogP contribution in [0.25, 0.3) is 11.3 Å². The molecule has 0 radical (unpaired) electrons. The monoisotopic (exact) mass is 259 g/mol. The molecule has 0 saturated carbocycles. The maximum atomic E-state index is 10.7. The van der Waals surface area contributed by atoms with E-state index in [1.807, 2.05) is 19.1 Å². The van der Waals surface area contributed by atoms with Crippen LogP contribution in [0.5, 0.6) is 0 Å². The normalized spacial score (nSPS) is 10.7. The molecule has 4 nitrogen and oxygen atoms in total. The standard InChI is InChI=1S/C15H17NO3/c1-9-4-5-12(8-10(9)2)15-13(6-7-14(17)18)19-11(3)16-15/h4-5,8H,6-7H2,1-3H3,(H,17,18). The summed E-state index contributed by atoms with van der Waals surface area (Å²) < 4.78 is 5.52. The van der Waals surface area contributed by atoms with E-state index < -0.39 is 5.97 Å². The van der Waals surface area contributed by atoms with Gasteiger partial charge in [0.05, 0.1) is 6.42 Å². The van der Waals surface area contributed by atoms with Gasteiger partial charge in [-0.25, -0.2) is 4.98 Å². The molecule has 0 bridgehead atoms. The van der Waals surface area contributed by atoms with E-state index in [1.54, 1.807) is 6.92 Å². The number of nitrogens with zero attached hydrogens (tertiary/aromatic N) is 1. The van der Waals surface area contributed by atoms with E-state index >= 15 is 0 Å². The fraction of sp³-hybridized carbons (Fsp3) is 0.333. The van der Waals surface area contributed by atoms with Gasteiger partial charge in [-0.3, -0.25) is 4.79 Å². The lowest BCUT2D eigenvalue weighted by Gasteiger charge is -2.04. The van der Waals surface area contributed by atoms with Crippen LogP contribution in [-0.2, 0) is 11.2 Å². The Morgan fingerprint density at radius 3 is 2.63 bits per heavy atom. The van der Waals surface area contributed by atoms with E-state index in [9.17, 15) is 4.79 Å². The fourth-order valence-electron chi connectivity index (χ4n) is 1.97. The zero-order valence-electron chi connectivity index (χ0n) is 11.4. The number of rotatable bonds is 4. The summed E-state index contributed by atoms with van der Waals surface area (Å²) in [6.07, 6.45) is 0.408. The van der Waals surface area contributed by atoms with Gasteiger partial charge in [-0.1, -0.05) is 12.1 Å². The molecule has 100 valence electrons. The van der Waals surface area contributed by atoms with Crippen LogP contribution >= 0.6 is 0 Å². The Morgan fingerprint density at radius 2 is 2.00 bits per heavy atom. The van der Waals surface area contributed by atoms with Crippen molar-refractivity contribution in [2.24, 2.45) is 0 Å². The summed E-state index contributed by atoms with van der Waals surface area (Å²) in [4.78, 5) is 15.0. The smallest absolute Gasteiger partial charge is 0.303 e. The molecule has 2 aromatic rings. The van der Waals surface area contributed by atoms with Crippen LogP contribution in [0.15, 0.2) is 22.6 Å². The highest BCUT2D eigenvalue weighted by Gasteiger charge is 2.14. The van der Waals surface area contributed by atoms with Gasteiger partial charge in [0.1, 0.15) is 11.5 Å². The van der Waals surface area contributed by atoms with Crippen LogP contribution in [0.4, 0.5) is 0 Å². The van der Waals surface area contributed by atoms with Gasteiger partial charge in [-0.15, -0.1) is 0 Å². The third-order valence-corrected chi connectivity index (χ3v) is 3.15. The molecule has 0 saturated heterocycles. The second kappa shape index (κ2) is 5.26. The van der Waals surface area contributed by atoms with Crippen LogP contribution in [-0.4, -0.2) is 16.1 Å². The van der Waals surface area contributed by atoms with E-state index in [2.05, 4.69) is 18.0 Å². The molecule has 1 aromatic carbocycles. The first-order valence-corrected chi connectivity index (χ1v) is 6.23. The number of hydrogen-bond acceptors (Lipinski definition) is 3. The molecule has 19 heavy (non-hydrogen) atoms. The second-order valence-corrected chi connectivity index (χ2v) is 4.70. The molecule has 4 heteroatoms. The number of oxazole rings is 1. The maximum absolute atomic E-state index is 10.7. The van der Waals surface area contributed by atoms with Gasteiger partial charge in [-0.2, -0.15) is 0 Å². The Bertz CT molecular complexity index is 614. The summed E-state index contributed by atoms with van der Waals surface area (Å²) in [5.41, 5.74) is 4.13. The summed E-state index contributed by atoms with van der Waals surface area (Å²) in [6.45, 7) is 5.87. The molecule has 0 aliphatic carbocycles. The summed E-state index contributed by atoms with van der Waals surface area (Å²) >= 11 is 0. The minimum atomic E-state index is -0.833. The molecular weight excluding hydrogens is 242 g/mol. The van der Waals surface area contributed by atoms with Crippen molar-refractivity contribution >= 4 is 5.97 Å². The van der Waals surface area contributed by atoms with E-state index in [1.165, 1.54) is 11.1 Å². The molecule has 0 aliphatic rings. The highest BCUT2D eigenvalue weighted by molar-refractivity contribution is 5.68. The Morgan fingerprint density at radius 1 is 1.26 bits per heavy atom. The van der Waals surface area contributed by atoms with E-state index in [0.29, 0.717) is 18.1 Å². The topological polar surface area (TPSA) is 63.3 Å². The minimum absolute atomic E-state index is 0.0481. The SMILES string of the molecule is Cc1nc(-c2ccc(C)c(C)c2)c(CCC(=O)O)o1. The van der Waals surface area contributed by atoms with E-state index in [-0.39, 0.29) is 6.42 Å². The molecule has 1 N–H and O–H groups in total. The maximum Gasteiger partial charge on any atom is 0.303 e. The van der Waals surface area contributed by atoms with E-state index in [4.69, 9.17) is 9.52 Å². The summed E-state index contributed by atoms with van der Waals surface area (Å²) in [5.74, 6) is 0.372. The first-order valence-electron chi connectivity index (χ1n) is 6.23. The number of benzene rings is 1. The van der Waals surface area contributed by atoms with Crippen LogP contribution in [0.1, 0.15) is 29.2 Å². The Labute approximate surface area is 112 Å². The number of aliphatic carboxylic acids is 1. The first kappa shape index (κ1) is 13.3. The Hall–Kier alpha value is -2.10. The molecule has 1 heterocycles. The lowest BCUT2D eigenvalue weighted by Crippen LogP contribution is -1.98. The number of aromatic nitrogens is 1. The van der Waals surface area contributed by atoms with Crippen LogP contribution in [0.2, 0.25) is 0 Å². The second-order valence-electron chi connectivity index (χ2n) is 4.70. The van der Waals surface area contributed by atoms with Crippen molar-refractivity contribution in [3.63, 3.8) is 0 Å². The van der Waals surface area contributed by atoms with Crippen molar-refractivity contribution in [2.45, 2.75) is 33.6 Å². The highest BCUT2D eigenvalue weighted by Crippen LogP contribution is 2.26. The first-order chi connectivity index (χ1) is 8.97. The van der Waals surface area contributed by atoms with Crippen molar-refractivity contribution in [1.82, 2.24) is 4.98 Å². The van der Waals surface area contributed by atoms with Crippen molar-refractivity contribution in [1.29, 1.82) is 0 Å². The van der Waals surface area contributed by atoms with Crippen LogP contribution in [0, 0.1) is 20.8 Å². The van der Waals surface area contributed by atoms with Gasteiger partial charge >= 0.3 is 5.97 Å². The van der Waals surface area contributed by atoms with E-state index in [0.717, 1.165) is 11.3 Å². The molecule has 0 spiro atoms. The van der Waals surface area contributed by atoms with Gasteiger partial charge in [0.25, 0.3) is 0 Å². The van der Waals surface area contributed by atoms with Crippen molar-refractivity contribution in [2.75, 3.05) is 0 Å². The predicted molar refractivity (Wildman–Crippen MR) is 72.1 cm³/mol. The molecule has 0 atom stereocenters. The van der Waals surface area contributed by atoms with Gasteiger partial charge in [-0.05, 0) is 31.0 Å². The third kappa shape index (κ3) is 3.02. The number of carboxylic acids is 1. The molecule has 0 amide bonds. The predicted octanol–water partition coefficient (Wildman–Crippen LogP) is 3.28. The highest BCUT2D eigenvalue weighted by atomic mass is 16.4. The largest absolute Gasteiger partial charge is 0.481 e. The number of aryl methyl sites for hydroxylation is 4. The average Bonchev–Trinajstić information content (AvgIpc) is 2.71. The summed E-state index contributed by atoms with van der Waals surface area (Å²) in [6, 6.07) is 6.08. The van der Waals surface area contributed by atoms with Gasteiger partial charge in [0.2, 0.25) is 0 Å². The van der Waals surface area contributed by atoms with Crippen LogP contribution in [0.3, 0.4) is 0 Å². The zero-order valence-corrected chi connectivity index (χ0v) is 11.4. The third-order valence-electron chi connectivity index (χ3n) is 3.15. The van der Waals surface area contributed by atoms with Gasteiger partial charge in [0.15, 0.2) is 5.89 Å². The number of carbonyl (C=O) groups is 1. The Kier molecular flexibility index (Phi) is 3.69. The number of carboxylic acid groups (broad SMARTS) is 1. The Balaban J connectivity index is 2.37. The van der Waals surface area contributed by atoms with Crippen molar-refractivity contribution < 1.29 is 14.3 Å². The van der Waals surface area contributed by atoms with Gasteiger partial charge in [0, 0.05) is 18.9 Å². The summed E-state index contributed by atoms with van der Waals surface area (Å²) in [7, 11) is 0. The molecule has 0 fully saturated rings. The van der Waals surface area contributed by atoms with Crippen molar-refractivity contribution in [3.8, 4) is 11.3 Å². The fourth-order valence-corrected chi connectivity index (χ4v) is 1.97. The molecular formula is C15H17NO3. The minimum Gasteiger partial charge on any atom is -0.481 e. The molecule has 0 aliphatic heterocycles. The van der Waals surface area contributed by atoms with Gasteiger partial charge < -0.3 is 9.52 Å². The van der Waals surface area contributed by atoms with Crippen molar-refractivity contribution in [3.05, 3.63) is 41.0 Å². The lowest BCUT2D eigenvalue weighted by molar-refractivity contribution is -0.137. The summed E-state index contributed by atoms with van der Waals surface area (Å²) in [5, 5.41) is 8.76. The van der Waals surface area contributed by atoms with Crippen LogP contribution < -0.4 is 0 Å². The quantitative estimate of drug-likeness (QED) is 0.915. The molecule has 1 aromatic heterocycles. The lowest BCUT2D eigenvalue weighted by atomic mass is 10.0. The molecule has 2 rings (SSSR count). The zero-order chi connectivity index (χ0) is 14.0.